The Hall–Kier alpha value is -2.43. The standard InChI is InChI=1S/C14H14N2O3/c1-9-7-12(8-15-19)10(2)16(9)13-5-3-11(4-6-13)14(17)18/h3-7H,8H2,1-2H3,(H,17,18). The lowest BCUT2D eigenvalue weighted by atomic mass is 10.2. The van der Waals surface area contributed by atoms with Gasteiger partial charge in [-0.15, -0.1) is 0 Å². The molecule has 0 saturated carbocycles. The number of aromatic carboxylic acids is 1. The highest BCUT2D eigenvalue weighted by Crippen LogP contribution is 2.21. The number of benzene rings is 1. The van der Waals surface area contributed by atoms with Crippen LogP contribution in [0.4, 0.5) is 0 Å². The fraction of sp³-hybridized carbons (Fsp3) is 0.214. The molecule has 0 saturated heterocycles. The fourth-order valence-electron chi connectivity index (χ4n) is 2.21. The van der Waals surface area contributed by atoms with E-state index in [0.29, 0.717) is 0 Å². The first-order chi connectivity index (χ1) is 9.04. The van der Waals surface area contributed by atoms with E-state index in [1.54, 1.807) is 24.3 Å². The minimum absolute atomic E-state index is 0.146. The van der Waals surface area contributed by atoms with Crippen LogP contribution in [0.15, 0.2) is 35.5 Å². The molecule has 0 aliphatic carbocycles. The van der Waals surface area contributed by atoms with Crippen LogP contribution in [0.3, 0.4) is 0 Å². The molecule has 0 aliphatic rings. The quantitative estimate of drug-likeness (QED) is 0.856. The fourth-order valence-corrected chi connectivity index (χ4v) is 2.21. The van der Waals surface area contributed by atoms with Gasteiger partial charge in [0.25, 0.3) is 0 Å². The van der Waals surface area contributed by atoms with Crippen molar-refractivity contribution < 1.29 is 9.90 Å². The lowest BCUT2D eigenvalue weighted by Crippen LogP contribution is -2.01. The molecule has 5 nitrogen and oxygen atoms in total. The van der Waals surface area contributed by atoms with Gasteiger partial charge in [0.2, 0.25) is 0 Å². The summed E-state index contributed by atoms with van der Waals surface area (Å²) in [4.78, 5) is 21.2. The lowest BCUT2D eigenvalue weighted by Gasteiger charge is -2.10. The Labute approximate surface area is 110 Å². The number of hydrogen-bond donors (Lipinski definition) is 1. The van der Waals surface area contributed by atoms with Gasteiger partial charge < -0.3 is 9.67 Å². The van der Waals surface area contributed by atoms with Crippen molar-refractivity contribution in [2.45, 2.75) is 20.4 Å². The van der Waals surface area contributed by atoms with Crippen LogP contribution < -0.4 is 0 Å². The highest BCUT2D eigenvalue weighted by Gasteiger charge is 2.11. The minimum atomic E-state index is -0.946. The van der Waals surface area contributed by atoms with Crippen LogP contribution in [0.5, 0.6) is 0 Å². The zero-order valence-corrected chi connectivity index (χ0v) is 10.8. The largest absolute Gasteiger partial charge is 0.478 e. The van der Waals surface area contributed by atoms with E-state index in [9.17, 15) is 9.70 Å². The van der Waals surface area contributed by atoms with Gasteiger partial charge in [0, 0.05) is 17.1 Å². The third kappa shape index (κ3) is 2.40. The zero-order valence-electron chi connectivity index (χ0n) is 10.8. The van der Waals surface area contributed by atoms with E-state index in [4.69, 9.17) is 5.11 Å². The molecule has 2 aromatic rings. The predicted octanol–water partition coefficient (Wildman–Crippen LogP) is 3.06. The van der Waals surface area contributed by atoms with Crippen molar-refractivity contribution in [1.82, 2.24) is 4.57 Å². The summed E-state index contributed by atoms with van der Waals surface area (Å²) in [6.45, 7) is 4.00. The molecule has 1 N–H and O–H groups in total. The van der Waals surface area contributed by atoms with Crippen LogP contribution in [0.2, 0.25) is 0 Å². The molecular weight excluding hydrogens is 244 g/mol. The number of aromatic nitrogens is 1. The smallest absolute Gasteiger partial charge is 0.335 e. The number of carboxylic acids is 1. The monoisotopic (exact) mass is 258 g/mol. The SMILES string of the molecule is Cc1cc(CN=O)c(C)n1-c1ccc(C(=O)O)cc1. The molecule has 98 valence electrons. The molecule has 0 fully saturated rings. The van der Waals surface area contributed by atoms with E-state index in [0.717, 1.165) is 22.6 Å². The topological polar surface area (TPSA) is 71.7 Å². The van der Waals surface area contributed by atoms with Crippen LogP contribution in [-0.4, -0.2) is 15.6 Å². The number of nitroso groups, excluding NO2 is 1. The predicted molar refractivity (Wildman–Crippen MR) is 71.7 cm³/mol. The molecule has 1 aromatic heterocycles. The van der Waals surface area contributed by atoms with Gasteiger partial charge in [0.1, 0.15) is 6.54 Å². The molecule has 5 heteroatoms. The molecule has 1 heterocycles. The summed E-state index contributed by atoms with van der Waals surface area (Å²) in [5.74, 6) is -0.946. The van der Waals surface area contributed by atoms with Crippen molar-refractivity contribution in [3.8, 4) is 5.69 Å². The summed E-state index contributed by atoms with van der Waals surface area (Å²) < 4.78 is 1.98. The number of carboxylic acid groups (broad SMARTS) is 1. The Morgan fingerprint density at radius 3 is 2.42 bits per heavy atom. The van der Waals surface area contributed by atoms with Crippen LogP contribution in [0.1, 0.15) is 27.3 Å². The van der Waals surface area contributed by atoms with Gasteiger partial charge in [-0.2, -0.15) is 4.91 Å². The van der Waals surface area contributed by atoms with Crippen molar-refractivity contribution in [3.05, 3.63) is 57.8 Å². The minimum Gasteiger partial charge on any atom is -0.478 e. The van der Waals surface area contributed by atoms with E-state index in [2.05, 4.69) is 5.18 Å². The second-order valence-electron chi connectivity index (χ2n) is 4.37. The third-order valence-corrected chi connectivity index (χ3v) is 3.14. The second-order valence-corrected chi connectivity index (χ2v) is 4.37. The maximum absolute atomic E-state index is 10.8. The Balaban J connectivity index is 2.46. The summed E-state index contributed by atoms with van der Waals surface area (Å²) in [6.07, 6.45) is 0. The number of carbonyl (C=O) groups is 1. The Morgan fingerprint density at radius 2 is 1.89 bits per heavy atom. The normalized spacial score (nSPS) is 10.4. The Kier molecular flexibility index (Phi) is 3.46. The van der Waals surface area contributed by atoms with E-state index in [1.807, 2.05) is 24.5 Å². The van der Waals surface area contributed by atoms with Gasteiger partial charge in [-0.25, -0.2) is 4.79 Å². The molecule has 1 aromatic carbocycles. The number of aryl methyl sites for hydroxylation is 1. The molecule has 0 unspecified atom stereocenters. The van der Waals surface area contributed by atoms with Crippen molar-refractivity contribution in [2.24, 2.45) is 5.18 Å². The number of hydrogen-bond acceptors (Lipinski definition) is 3. The van der Waals surface area contributed by atoms with Crippen molar-refractivity contribution >= 4 is 5.97 Å². The average molecular weight is 258 g/mol. The first-order valence-electron chi connectivity index (χ1n) is 5.85. The first-order valence-corrected chi connectivity index (χ1v) is 5.85. The van der Waals surface area contributed by atoms with Crippen LogP contribution in [-0.2, 0) is 6.54 Å². The van der Waals surface area contributed by atoms with Crippen molar-refractivity contribution in [1.29, 1.82) is 0 Å². The van der Waals surface area contributed by atoms with E-state index in [1.165, 1.54) is 0 Å². The molecule has 0 spiro atoms. The lowest BCUT2D eigenvalue weighted by molar-refractivity contribution is 0.0697. The summed E-state index contributed by atoms with van der Waals surface area (Å²) in [7, 11) is 0. The summed E-state index contributed by atoms with van der Waals surface area (Å²) in [5, 5.41) is 11.8. The molecule has 0 bridgehead atoms. The second kappa shape index (κ2) is 5.06. The van der Waals surface area contributed by atoms with E-state index < -0.39 is 5.97 Å². The van der Waals surface area contributed by atoms with Crippen molar-refractivity contribution in [3.63, 3.8) is 0 Å². The van der Waals surface area contributed by atoms with Crippen LogP contribution in [0, 0.1) is 18.8 Å². The van der Waals surface area contributed by atoms with E-state index in [-0.39, 0.29) is 12.1 Å². The maximum atomic E-state index is 10.8. The average Bonchev–Trinajstić information content (AvgIpc) is 2.65. The molecular formula is C14H14N2O3. The summed E-state index contributed by atoms with van der Waals surface area (Å²) >= 11 is 0. The number of rotatable bonds is 4. The molecule has 19 heavy (non-hydrogen) atoms. The molecule has 0 atom stereocenters. The van der Waals surface area contributed by atoms with E-state index >= 15 is 0 Å². The summed E-state index contributed by atoms with van der Waals surface area (Å²) in [5.41, 5.74) is 3.94. The number of nitrogens with zero attached hydrogens (tertiary/aromatic N) is 2. The Morgan fingerprint density at radius 1 is 1.26 bits per heavy atom. The molecule has 0 amide bonds. The van der Waals surface area contributed by atoms with Gasteiger partial charge in [0.05, 0.1) is 5.56 Å². The third-order valence-electron chi connectivity index (χ3n) is 3.14. The van der Waals surface area contributed by atoms with Crippen LogP contribution in [0.25, 0.3) is 5.69 Å². The highest BCUT2D eigenvalue weighted by molar-refractivity contribution is 5.87. The zero-order chi connectivity index (χ0) is 14.0. The molecule has 0 aliphatic heterocycles. The van der Waals surface area contributed by atoms with Gasteiger partial charge in [0.15, 0.2) is 0 Å². The maximum Gasteiger partial charge on any atom is 0.335 e. The van der Waals surface area contributed by atoms with Crippen molar-refractivity contribution in [2.75, 3.05) is 0 Å². The van der Waals surface area contributed by atoms with Gasteiger partial charge in [-0.3, -0.25) is 0 Å². The first kappa shape index (κ1) is 13.0. The molecule has 0 radical (unpaired) electrons. The van der Waals surface area contributed by atoms with Gasteiger partial charge in [-0.05, 0) is 49.7 Å². The van der Waals surface area contributed by atoms with Gasteiger partial charge >= 0.3 is 5.97 Å². The summed E-state index contributed by atoms with van der Waals surface area (Å²) in [6, 6.07) is 8.55. The molecule has 2 rings (SSSR count). The Bertz CT molecular complexity index is 627. The van der Waals surface area contributed by atoms with Crippen LogP contribution >= 0.6 is 0 Å². The van der Waals surface area contributed by atoms with Gasteiger partial charge in [-0.1, -0.05) is 5.18 Å². The highest BCUT2D eigenvalue weighted by atomic mass is 16.4.